The van der Waals surface area contributed by atoms with Gasteiger partial charge in [0.1, 0.15) is 0 Å². The van der Waals surface area contributed by atoms with E-state index in [0.29, 0.717) is 12.1 Å². The zero-order valence-electron chi connectivity index (χ0n) is 9.80. The molecule has 0 bridgehead atoms. The topological polar surface area (TPSA) is 44.3 Å². The van der Waals surface area contributed by atoms with Gasteiger partial charge in [-0.25, -0.2) is 0 Å². The van der Waals surface area contributed by atoms with Gasteiger partial charge in [0.15, 0.2) is 0 Å². The third-order valence-corrected chi connectivity index (χ3v) is 3.21. The molecular weight excluding hydrogens is 176 g/mol. The lowest BCUT2D eigenvalue weighted by molar-refractivity contribution is 0.0380. The van der Waals surface area contributed by atoms with E-state index in [-0.39, 0.29) is 6.04 Å². The summed E-state index contributed by atoms with van der Waals surface area (Å²) in [6, 6.07) is 1.29. The maximum absolute atomic E-state index is 9.79. The maximum atomic E-state index is 9.79. The van der Waals surface area contributed by atoms with Crippen molar-refractivity contribution in [1.82, 2.24) is 10.6 Å². The predicted molar refractivity (Wildman–Crippen MR) is 59.4 cm³/mol. The average Bonchev–Trinajstić information content (AvgIpc) is 2.07. The molecule has 0 aromatic heterocycles. The quantitative estimate of drug-likeness (QED) is 0.633. The Morgan fingerprint density at radius 2 is 2.07 bits per heavy atom. The minimum Gasteiger partial charge on any atom is -0.389 e. The van der Waals surface area contributed by atoms with E-state index in [4.69, 9.17) is 0 Å². The molecule has 1 heterocycles. The van der Waals surface area contributed by atoms with Crippen molar-refractivity contribution in [3.63, 3.8) is 0 Å². The normalized spacial score (nSPS) is 31.5. The Labute approximate surface area is 87.3 Å². The second-order valence-electron chi connectivity index (χ2n) is 5.13. The van der Waals surface area contributed by atoms with E-state index in [1.54, 1.807) is 0 Å². The van der Waals surface area contributed by atoms with Crippen molar-refractivity contribution in [3.8, 4) is 0 Å². The minimum absolute atomic E-state index is 0.141. The highest BCUT2D eigenvalue weighted by molar-refractivity contribution is 4.86. The zero-order valence-corrected chi connectivity index (χ0v) is 9.80. The van der Waals surface area contributed by atoms with E-state index in [1.807, 2.05) is 20.8 Å². The Morgan fingerprint density at radius 1 is 1.43 bits per heavy atom. The first-order chi connectivity index (χ1) is 6.39. The number of rotatable bonds is 3. The molecule has 1 aliphatic rings. The summed E-state index contributed by atoms with van der Waals surface area (Å²) in [5, 5.41) is 16.7. The molecule has 3 unspecified atom stereocenters. The van der Waals surface area contributed by atoms with Gasteiger partial charge in [-0.1, -0.05) is 0 Å². The van der Waals surface area contributed by atoms with E-state index in [0.717, 1.165) is 6.54 Å². The van der Waals surface area contributed by atoms with Crippen LogP contribution in [0.25, 0.3) is 0 Å². The molecule has 0 aromatic rings. The number of piperidine rings is 1. The Bertz CT molecular complexity index is 169. The molecule has 0 spiro atoms. The molecule has 3 N–H and O–H groups in total. The molecule has 14 heavy (non-hydrogen) atoms. The van der Waals surface area contributed by atoms with Crippen molar-refractivity contribution >= 4 is 0 Å². The van der Waals surface area contributed by atoms with Crippen LogP contribution < -0.4 is 10.6 Å². The van der Waals surface area contributed by atoms with Crippen LogP contribution in [-0.4, -0.2) is 35.4 Å². The Hall–Kier alpha value is -0.120. The monoisotopic (exact) mass is 200 g/mol. The fraction of sp³-hybridized carbons (Fsp3) is 1.00. The Kier molecular flexibility index (Phi) is 3.93. The lowest BCUT2D eigenvalue weighted by Crippen LogP contribution is -2.54. The molecule has 1 rings (SSSR count). The average molecular weight is 200 g/mol. The molecule has 1 aliphatic heterocycles. The van der Waals surface area contributed by atoms with E-state index in [2.05, 4.69) is 17.6 Å². The largest absolute Gasteiger partial charge is 0.389 e. The van der Waals surface area contributed by atoms with Gasteiger partial charge in [-0.05, 0) is 40.5 Å². The van der Waals surface area contributed by atoms with Gasteiger partial charge >= 0.3 is 0 Å². The molecule has 1 saturated heterocycles. The van der Waals surface area contributed by atoms with Gasteiger partial charge < -0.3 is 15.7 Å². The van der Waals surface area contributed by atoms with Gasteiger partial charge in [0.25, 0.3) is 0 Å². The smallest absolute Gasteiger partial charge is 0.0741 e. The molecule has 0 amide bonds. The predicted octanol–water partition coefficient (Wildman–Crippen LogP) is 0.876. The van der Waals surface area contributed by atoms with Crippen LogP contribution >= 0.6 is 0 Å². The third kappa shape index (κ3) is 3.56. The molecule has 0 saturated carbocycles. The molecule has 0 aliphatic carbocycles. The number of nitrogens with one attached hydrogen (secondary N) is 2. The van der Waals surface area contributed by atoms with Gasteiger partial charge in [0.2, 0.25) is 0 Å². The fourth-order valence-electron chi connectivity index (χ4n) is 1.70. The summed E-state index contributed by atoms with van der Waals surface area (Å²) in [5.41, 5.74) is -0.636. The van der Waals surface area contributed by atoms with Crippen LogP contribution in [0.2, 0.25) is 0 Å². The molecule has 0 aromatic carbocycles. The highest BCUT2D eigenvalue weighted by atomic mass is 16.3. The lowest BCUT2D eigenvalue weighted by Gasteiger charge is -2.34. The summed E-state index contributed by atoms with van der Waals surface area (Å²) in [4.78, 5) is 0. The molecule has 1 fully saturated rings. The van der Waals surface area contributed by atoms with E-state index < -0.39 is 5.60 Å². The van der Waals surface area contributed by atoms with Gasteiger partial charge in [-0.3, -0.25) is 0 Å². The summed E-state index contributed by atoms with van der Waals surface area (Å²) in [6.45, 7) is 8.97. The minimum atomic E-state index is -0.636. The lowest BCUT2D eigenvalue weighted by atomic mass is 9.96. The first-order valence-corrected chi connectivity index (χ1v) is 5.61. The highest BCUT2D eigenvalue weighted by Gasteiger charge is 2.26. The standard InChI is InChI=1S/C11H24N2O/c1-8-5-6-10(7-12-8)13-9(2)11(3,4)14/h8-10,12-14H,5-7H2,1-4H3. The van der Waals surface area contributed by atoms with Gasteiger partial charge in [0, 0.05) is 24.7 Å². The van der Waals surface area contributed by atoms with Crippen LogP contribution in [0.15, 0.2) is 0 Å². The second-order valence-corrected chi connectivity index (χ2v) is 5.13. The van der Waals surface area contributed by atoms with E-state index in [1.165, 1.54) is 12.8 Å². The third-order valence-electron chi connectivity index (χ3n) is 3.21. The van der Waals surface area contributed by atoms with Crippen LogP contribution in [-0.2, 0) is 0 Å². The Morgan fingerprint density at radius 3 is 2.50 bits per heavy atom. The molecule has 3 heteroatoms. The molecule has 0 radical (unpaired) electrons. The van der Waals surface area contributed by atoms with Gasteiger partial charge in [-0.2, -0.15) is 0 Å². The van der Waals surface area contributed by atoms with Crippen molar-refractivity contribution < 1.29 is 5.11 Å². The Balaban J connectivity index is 2.31. The van der Waals surface area contributed by atoms with E-state index >= 15 is 0 Å². The van der Waals surface area contributed by atoms with Crippen LogP contribution in [0.3, 0.4) is 0 Å². The zero-order chi connectivity index (χ0) is 10.8. The van der Waals surface area contributed by atoms with Crippen LogP contribution in [0.4, 0.5) is 0 Å². The molecule has 84 valence electrons. The van der Waals surface area contributed by atoms with Gasteiger partial charge in [-0.15, -0.1) is 0 Å². The number of aliphatic hydroxyl groups is 1. The van der Waals surface area contributed by atoms with Gasteiger partial charge in [0.05, 0.1) is 5.60 Å². The van der Waals surface area contributed by atoms with Crippen molar-refractivity contribution in [2.75, 3.05) is 6.54 Å². The maximum Gasteiger partial charge on any atom is 0.0741 e. The van der Waals surface area contributed by atoms with Crippen LogP contribution in [0, 0.1) is 0 Å². The number of hydrogen-bond donors (Lipinski definition) is 3. The van der Waals surface area contributed by atoms with E-state index in [9.17, 15) is 5.11 Å². The van der Waals surface area contributed by atoms with Crippen LogP contribution in [0.5, 0.6) is 0 Å². The summed E-state index contributed by atoms with van der Waals surface area (Å²) in [6.07, 6.45) is 2.42. The first kappa shape index (κ1) is 12.0. The fourth-order valence-corrected chi connectivity index (χ4v) is 1.70. The summed E-state index contributed by atoms with van der Waals surface area (Å²) in [7, 11) is 0. The second kappa shape index (κ2) is 4.60. The molecular formula is C11H24N2O. The highest BCUT2D eigenvalue weighted by Crippen LogP contribution is 2.12. The SMILES string of the molecule is CC1CCC(NC(C)C(C)(C)O)CN1. The van der Waals surface area contributed by atoms with Crippen molar-refractivity contribution in [3.05, 3.63) is 0 Å². The number of hydrogen-bond acceptors (Lipinski definition) is 3. The molecule has 3 nitrogen and oxygen atoms in total. The first-order valence-electron chi connectivity index (χ1n) is 5.61. The molecule has 3 atom stereocenters. The van der Waals surface area contributed by atoms with Crippen LogP contribution in [0.1, 0.15) is 40.5 Å². The van der Waals surface area contributed by atoms with Crippen molar-refractivity contribution in [2.24, 2.45) is 0 Å². The summed E-state index contributed by atoms with van der Waals surface area (Å²) >= 11 is 0. The summed E-state index contributed by atoms with van der Waals surface area (Å²) in [5.74, 6) is 0. The van der Waals surface area contributed by atoms with Crippen molar-refractivity contribution in [1.29, 1.82) is 0 Å². The summed E-state index contributed by atoms with van der Waals surface area (Å²) < 4.78 is 0. The van der Waals surface area contributed by atoms with Crippen molar-refractivity contribution in [2.45, 2.75) is 64.3 Å².